The lowest BCUT2D eigenvalue weighted by atomic mass is 9.99. The molecule has 1 aromatic carbocycles. The van der Waals surface area contributed by atoms with Crippen molar-refractivity contribution in [1.82, 2.24) is 15.6 Å². The number of ether oxygens (including phenoxy) is 1. The largest absolute Gasteiger partial charge is 0.445 e. The van der Waals surface area contributed by atoms with Gasteiger partial charge in [0.05, 0.1) is 11.7 Å². The standard InChI is InChI=1S/C22H32N4O3S/c1-14(2)10-17(19-13-30-21(23)25-19)24-20(27)18(11-15(3)4)26-22(28)29-12-16-8-6-5-7-9-16/h5-9,13-15,17-18H,10-12H2,1-4H3,(H2,23,25)(H,24,27)(H,26,28)/t17-,18-/m0/s1. The fraction of sp³-hybridized carbons (Fsp3) is 0.500. The number of aromatic nitrogens is 1. The van der Waals surface area contributed by atoms with Crippen molar-refractivity contribution in [1.29, 1.82) is 0 Å². The lowest BCUT2D eigenvalue weighted by Gasteiger charge is -2.24. The molecule has 0 saturated heterocycles. The van der Waals surface area contributed by atoms with E-state index < -0.39 is 12.1 Å². The molecular formula is C22H32N4O3S. The first-order valence-corrected chi connectivity index (χ1v) is 11.1. The Hall–Kier alpha value is -2.61. The predicted octanol–water partition coefficient (Wildman–Crippen LogP) is 4.27. The summed E-state index contributed by atoms with van der Waals surface area (Å²) in [5, 5.41) is 8.09. The van der Waals surface area contributed by atoms with Gasteiger partial charge >= 0.3 is 6.09 Å². The molecule has 1 heterocycles. The Kier molecular flexibility index (Phi) is 9.11. The summed E-state index contributed by atoms with van der Waals surface area (Å²) in [6.07, 6.45) is 0.611. The van der Waals surface area contributed by atoms with Crippen LogP contribution in [0.5, 0.6) is 0 Å². The number of nitrogens with zero attached hydrogens (tertiary/aromatic N) is 1. The number of carbonyl (C=O) groups excluding carboxylic acids is 2. The Balaban J connectivity index is 2.02. The van der Waals surface area contributed by atoms with Crippen LogP contribution in [0.25, 0.3) is 0 Å². The lowest BCUT2D eigenvalue weighted by Crippen LogP contribution is -2.48. The van der Waals surface area contributed by atoms with Crippen molar-refractivity contribution >= 4 is 28.5 Å². The number of rotatable bonds is 10. The fourth-order valence-electron chi connectivity index (χ4n) is 3.07. The van der Waals surface area contributed by atoms with Gasteiger partial charge in [-0.3, -0.25) is 4.79 Å². The summed E-state index contributed by atoms with van der Waals surface area (Å²) in [7, 11) is 0. The van der Waals surface area contributed by atoms with Crippen LogP contribution in [0.1, 0.15) is 57.8 Å². The Labute approximate surface area is 182 Å². The van der Waals surface area contributed by atoms with E-state index in [0.717, 1.165) is 17.7 Å². The molecule has 8 heteroatoms. The topological polar surface area (TPSA) is 106 Å². The molecule has 2 aromatic rings. The van der Waals surface area contributed by atoms with E-state index >= 15 is 0 Å². The zero-order valence-electron chi connectivity index (χ0n) is 18.1. The molecule has 0 spiro atoms. The van der Waals surface area contributed by atoms with Gasteiger partial charge in [-0.05, 0) is 30.2 Å². The van der Waals surface area contributed by atoms with E-state index in [4.69, 9.17) is 10.5 Å². The summed E-state index contributed by atoms with van der Waals surface area (Å²) in [5.41, 5.74) is 7.40. The molecule has 0 fully saturated rings. The molecule has 2 atom stereocenters. The summed E-state index contributed by atoms with van der Waals surface area (Å²) < 4.78 is 5.29. The molecule has 1 aromatic heterocycles. The minimum atomic E-state index is -0.695. The molecule has 4 N–H and O–H groups in total. The summed E-state index contributed by atoms with van der Waals surface area (Å²) in [6, 6.07) is 8.46. The van der Waals surface area contributed by atoms with Gasteiger partial charge in [0, 0.05) is 5.38 Å². The van der Waals surface area contributed by atoms with E-state index in [-0.39, 0.29) is 24.5 Å². The number of alkyl carbamates (subject to hydrolysis) is 1. The van der Waals surface area contributed by atoms with Gasteiger partial charge in [0.2, 0.25) is 5.91 Å². The van der Waals surface area contributed by atoms with Crippen LogP contribution in [-0.2, 0) is 16.1 Å². The van der Waals surface area contributed by atoms with Crippen molar-refractivity contribution in [2.75, 3.05) is 5.73 Å². The van der Waals surface area contributed by atoms with Crippen molar-refractivity contribution < 1.29 is 14.3 Å². The van der Waals surface area contributed by atoms with Gasteiger partial charge in [-0.15, -0.1) is 11.3 Å². The zero-order valence-corrected chi connectivity index (χ0v) is 18.9. The van der Waals surface area contributed by atoms with Crippen LogP contribution in [0.3, 0.4) is 0 Å². The highest BCUT2D eigenvalue weighted by Gasteiger charge is 2.26. The van der Waals surface area contributed by atoms with Crippen molar-refractivity contribution in [3.05, 3.63) is 47.0 Å². The van der Waals surface area contributed by atoms with Crippen LogP contribution in [0.2, 0.25) is 0 Å². The molecule has 0 aliphatic heterocycles. The quantitative estimate of drug-likeness (QED) is 0.520. The van der Waals surface area contributed by atoms with Crippen molar-refractivity contribution in [3.63, 3.8) is 0 Å². The van der Waals surface area contributed by atoms with Gasteiger partial charge in [-0.25, -0.2) is 9.78 Å². The minimum Gasteiger partial charge on any atom is -0.445 e. The zero-order chi connectivity index (χ0) is 22.1. The third-order valence-corrected chi connectivity index (χ3v) is 5.14. The van der Waals surface area contributed by atoms with Crippen molar-refractivity contribution in [3.8, 4) is 0 Å². The molecule has 0 bridgehead atoms. The van der Waals surface area contributed by atoms with Crippen molar-refractivity contribution in [2.24, 2.45) is 11.8 Å². The second-order valence-corrected chi connectivity index (χ2v) is 9.08. The average Bonchev–Trinajstić information content (AvgIpc) is 3.12. The average molecular weight is 433 g/mol. The third-order valence-electron chi connectivity index (χ3n) is 4.45. The Bertz CT molecular complexity index is 808. The first-order valence-electron chi connectivity index (χ1n) is 10.2. The van der Waals surface area contributed by atoms with Gasteiger partial charge in [0.15, 0.2) is 5.13 Å². The second-order valence-electron chi connectivity index (χ2n) is 8.19. The minimum absolute atomic E-state index is 0.150. The van der Waals surface area contributed by atoms with Gasteiger partial charge in [0.1, 0.15) is 12.6 Å². The Morgan fingerprint density at radius 3 is 2.30 bits per heavy atom. The monoisotopic (exact) mass is 432 g/mol. The fourth-order valence-corrected chi connectivity index (χ4v) is 3.68. The number of hydrogen-bond donors (Lipinski definition) is 3. The van der Waals surface area contributed by atoms with Gasteiger partial charge in [-0.1, -0.05) is 58.0 Å². The van der Waals surface area contributed by atoms with Crippen LogP contribution in [0.15, 0.2) is 35.7 Å². The Morgan fingerprint density at radius 1 is 1.07 bits per heavy atom. The molecular weight excluding hydrogens is 400 g/mol. The number of hydrogen-bond acceptors (Lipinski definition) is 6. The van der Waals surface area contributed by atoms with Gasteiger partial charge in [0.25, 0.3) is 0 Å². The van der Waals surface area contributed by atoms with Crippen LogP contribution < -0.4 is 16.4 Å². The van der Waals surface area contributed by atoms with Crippen LogP contribution in [0, 0.1) is 11.8 Å². The highest BCUT2D eigenvalue weighted by molar-refractivity contribution is 7.13. The molecule has 164 valence electrons. The molecule has 30 heavy (non-hydrogen) atoms. The summed E-state index contributed by atoms with van der Waals surface area (Å²) in [6.45, 7) is 8.32. The van der Waals surface area contributed by atoms with E-state index in [9.17, 15) is 9.59 Å². The molecule has 0 unspecified atom stereocenters. The van der Waals surface area contributed by atoms with E-state index in [0.29, 0.717) is 17.5 Å². The van der Waals surface area contributed by atoms with E-state index in [1.165, 1.54) is 11.3 Å². The number of amides is 2. The summed E-state index contributed by atoms with van der Waals surface area (Å²) in [5.74, 6) is 0.316. The maximum Gasteiger partial charge on any atom is 0.408 e. The number of nitrogens with two attached hydrogens (primary N) is 1. The lowest BCUT2D eigenvalue weighted by molar-refractivity contribution is -0.124. The first kappa shape index (κ1) is 23.7. The smallest absolute Gasteiger partial charge is 0.408 e. The van der Waals surface area contributed by atoms with Gasteiger partial charge < -0.3 is 21.1 Å². The number of nitrogens with one attached hydrogen (secondary N) is 2. The molecule has 0 aliphatic rings. The number of anilines is 1. The molecule has 0 radical (unpaired) electrons. The molecule has 2 amide bonds. The molecule has 2 rings (SSSR count). The van der Waals surface area contributed by atoms with E-state index in [1.807, 2.05) is 49.6 Å². The SMILES string of the molecule is CC(C)C[C@H](NC(=O)OCc1ccccc1)C(=O)N[C@@H](CC(C)C)c1csc(N)n1. The van der Waals surface area contributed by atoms with E-state index in [2.05, 4.69) is 29.5 Å². The van der Waals surface area contributed by atoms with Crippen molar-refractivity contribution in [2.45, 2.75) is 59.2 Å². The highest BCUT2D eigenvalue weighted by atomic mass is 32.1. The second kappa shape index (κ2) is 11.5. The normalized spacial score (nSPS) is 13.1. The first-order chi connectivity index (χ1) is 14.2. The molecule has 7 nitrogen and oxygen atoms in total. The maximum atomic E-state index is 13.0. The maximum absolute atomic E-state index is 13.0. The summed E-state index contributed by atoms with van der Waals surface area (Å²) >= 11 is 1.35. The number of thiazole rings is 1. The summed E-state index contributed by atoms with van der Waals surface area (Å²) in [4.78, 5) is 29.7. The number of nitrogen functional groups attached to an aromatic ring is 1. The van der Waals surface area contributed by atoms with Gasteiger partial charge in [-0.2, -0.15) is 0 Å². The highest BCUT2D eigenvalue weighted by Crippen LogP contribution is 2.24. The van der Waals surface area contributed by atoms with Crippen LogP contribution >= 0.6 is 11.3 Å². The van der Waals surface area contributed by atoms with E-state index in [1.54, 1.807) is 0 Å². The number of carbonyl (C=O) groups is 2. The number of benzene rings is 1. The molecule has 0 aliphatic carbocycles. The predicted molar refractivity (Wildman–Crippen MR) is 120 cm³/mol. The third kappa shape index (κ3) is 8.02. The van der Waals surface area contributed by atoms with Crippen LogP contribution in [0.4, 0.5) is 9.93 Å². The van der Waals surface area contributed by atoms with Crippen LogP contribution in [-0.4, -0.2) is 23.0 Å². The Morgan fingerprint density at radius 2 is 1.73 bits per heavy atom. The molecule has 0 saturated carbocycles.